The Morgan fingerprint density at radius 1 is 1.46 bits per heavy atom. The molecule has 0 aromatic carbocycles. The predicted molar refractivity (Wildman–Crippen MR) is 54.5 cm³/mol. The SMILES string of the molecule is CCC(N1CCCC1=O)C(C)(C)C. The fourth-order valence-corrected chi connectivity index (χ4v) is 2.30. The number of carbonyl (C=O) groups excluding carboxylic acids is 1. The second-order valence-electron chi connectivity index (χ2n) is 4.98. The van der Waals surface area contributed by atoms with E-state index in [2.05, 4.69) is 32.6 Å². The van der Waals surface area contributed by atoms with Gasteiger partial charge in [0, 0.05) is 19.0 Å². The highest BCUT2D eigenvalue weighted by atomic mass is 16.2. The topological polar surface area (TPSA) is 20.3 Å². The standard InChI is InChI=1S/C11H21NO/c1-5-9(11(2,3)4)12-8-6-7-10(12)13/h9H,5-8H2,1-4H3. The van der Waals surface area contributed by atoms with Crippen molar-refractivity contribution in [2.45, 2.75) is 53.0 Å². The van der Waals surface area contributed by atoms with E-state index < -0.39 is 0 Å². The van der Waals surface area contributed by atoms with Gasteiger partial charge in [0.05, 0.1) is 0 Å². The van der Waals surface area contributed by atoms with Gasteiger partial charge in [-0.15, -0.1) is 0 Å². The minimum atomic E-state index is 0.217. The van der Waals surface area contributed by atoms with Crippen LogP contribution in [-0.4, -0.2) is 23.4 Å². The molecule has 1 heterocycles. The summed E-state index contributed by atoms with van der Waals surface area (Å²) >= 11 is 0. The molecule has 0 saturated carbocycles. The summed E-state index contributed by atoms with van der Waals surface area (Å²) in [4.78, 5) is 13.6. The maximum absolute atomic E-state index is 11.5. The number of amides is 1. The van der Waals surface area contributed by atoms with Gasteiger partial charge in [-0.05, 0) is 18.3 Å². The average Bonchev–Trinajstić information content (AvgIpc) is 2.35. The van der Waals surface area contributed by atoms with Crippen LogP contribution >= 0.6 is 0 Å². The van der Waals surface area contributed by atoms with Gasteiger partial charge in [0.15, 0.2) is 0 Å². The Hall–Kier alpha value is -0.530. The minimum Gasteiger partial charge on any atom is -0.339 e. The molecule has 1 aliphatic rings. The molecule has 1 fully saturated rings. The summed E-state index contributed by atoms with van der Waals surface area (Å²) in [6.07, 6.45) is 2.87. The maximum atomic E-state index is 11.5. The molecule has 2 heteroatoms. The summed E-state index contributed by atoms with van der Waals surface area (Å²) in [5.41, 5.74) is 0.217. The normalized spacial score (nSPS) is 20.9. The first-order valence-electron chi connectivity index (χ1n) is 5.26. The van der Waals surface area contributed by atoms with E-state index >= 15 is 0 Å². The summed E-state index contributed by atoms with van der Waals surface area (Å²) < 4.78 is 0. The van der Waals surface area contributed by atoms with Crippen molar-refractivity contribution in [3.05, 3.63) is 0 Å². The highest BCUT2D eigenvalue weighted by molar-refractivity contribution is 5.78. The zero-order chi connectivity index (χ0) is 10.1. The molecule has 0 aromatic rings. The monoisotopic (exact) mass is 183 g/mol. The van der Waals surface area contributed by atoms with Gasteiger partial charge in [-0.3, -0.25) is 4.79 Å². The van der Waals surface area contributed by atoms with Crippen LogP contribution in [0.25, 0.3) is 0 Å². The lowest BCUT2D eigenvalue weighted by Gasteiger charge is -2.37. The summed E-state index contributed by atoms with van der Waals surface area (Å²) in [5, 5.41) is 0. The number of hydrogen-bond acceptors (Lipinski definition) is 1. The Morgan fingerprint density at radius 3 is 2.38 bits per heavy atom. The van der Waals surface area contributed by atoms with Crippen molar-refractivity contribution in [1.29, 1.82) is 0 Å². The number of rotatable bonds is 2. The molecule has 1 saturated heterocycles. The Morgan fingerprint density at radius 2 is 2.08 bits per heavy atom. The van der Waals surface area contributed by atoms with Gasteiger partial charge >= 0.3 is 0 Å². The van der Waals surface area contributed by atoms with Crippen LogP contribution in [0.3, 0.4) is 0 Å². The molecule has 0 aromatic heterocycles. The highest BCUT2D eigenvalue weighted by Crippen LogP contribution is 2.29. The van der Waals surface area contributed by atoms with Gasteiger partial charge in [-0.2, -0.15) is 0 Å². The molecule has 0 radical (unpaired) electrons. The minimum absolute atomic E-state index is 0.217. The Labute approximate surface area is 81.3 Å². The average molecular weight is 183 g/mol. The summed E-state index contributed by atoms with van der Waals surface area (Å²) in [5.74, 6) is 0.349. The van der Waals surface area contributed by atoms with E-state index in [1.165, 1.54) is 0 Å². The van der Waals surface area contributed by atoms with Crippen molar-refractivity contribution < 1.29 is 4.79 Å². The molecule has 0 spiro atoms. The maximum Gasteiger partial charge on any atom is 0.222 e. The lowest BCUT2D eigenvalue weighted by molar-refractivity contribution is -0.131. The molecule has 1 aliphatic heterocycles. The molecule has 0 N–H and O–H groups in total. The van der Waals surface area contributed by atoms with Crippen molar-refractivity contribution >= 4 is 5.91 Å². The molecule has 76 valence electrons. The number of hydrogen-bond donors (Lipinski definition) is 0. The van der Waals surface area contributed by atoms with E-state index in [4.69, 9.17) is 0 Å². The van der Waals surface area contributed by atoms with Gasteiger partial charge < -0.3 is 4.90 Å². The quantitative estimate of drug-likeness (QED) is 0.644. The third kappa shape index (κ3) is 2.23. The number of likely N-dealkylation sites (tertiary alicyclic amines) is 1. The van der Waals surface area contributed by atoms with Crippen LogP contribution in [0.5, 0.6) is 0 Å². The molecule has 1 amide bonds. The Kier molecular flexibility index (Phi) is 2.99. The van der Waals surface area contributed by atoms with Crippen LogP contribution in [0.4, 0.5) is 0 Å². The van der Waals surface area contributed by atoms with E-state index in [0.717, 1.165) is 25.8 Å². The van der Waals surface area contributed by atoms with Gasteiger partial charge in [-0.25, -0.2) is 0 Å². The van der Waals surface area contributed by atoms with Crippen molar-refractivity contribution in [2.24, 2.45) is 5.41 Å². The van der Waals surface area contributed by atoms with Gasteiger partial charge in [0.2, 0.25) is 5.91 Å². The van der Waals surface area contributed by atoms with Crippen LogP contribution in [-0.2, 0) is 4.79 Å². The van der Waals surface area contributed by atoms with Gasteiger partial charge in [0.25, 0.3) is 0 Å². The Balaban J connectivity index is 2.71. The number of carbonyl (C=O) groups is 1. The van der Waals surface area contributed by atoms with Gasteiger partial charge in [0.1, 0.15) is 0 Å². The van der Waals surface area contributed by atoms with Crippen LogP contribution in [0, 0.1) is 5.41 Å². The van der Waals surface area contributed by atoms with Crippen LogP contribution in [0.15, 0.2) is 0 Å². The van der Waals surface area contributed by atoms with Crippen molar-refractivity contribution in [3.63, 3.8) is 0 Å². The van der Waals surface area contributed by atoms with Crippen molar-refractivity contribution in [1.82, 2.24) is 4.90 Å². The molecule has 2 nitrogen and oxygen atoms in total. The first-order chi connectivity index (χ1) is 5.96. The molecule has 13 heavy (non-hydrogen) atoms. The molecule has 1 rings (SSSR count). The van der Waals surface area contributed by atoms with E-state index in [0.29, 0.717) is 11.9 Å². The van der Waals surface area contributed by atoms with Crippen molar-refractivity contribution in [3.8, 4) is 0 Å². The smallest absolute Gasteiger partial charge is 0.222 e. The zero-order valence-corrected chi connectivity index (χ0v) is 9.26. The van der Waals surface area contributed by atoms with Crippen LogP contribution in [0.2, 0.25) is 0 Å². The summed E-state index contributed by atoms with van der Waals surface area (Å²) in [6, 6.07) is 0.419. The highest BCUT2D eigenvalue weighted by Gasteiger charge is 2.33. The second kappa shape index (κ2) is 3.69. The first-order valence-corrected chi connectivity index (χ1v) is 5.26. The molecule has 0 aliphatic carbocycles. The van der Waals surface area contributed by atoms with Crippen molar-refractivity contribution in [2.75, 3.05) is 6.54 Å². The predicted octanol–water partition coefficient (Wildman–Crippen LogP) is 2.43. The van der Waals surface area contributed by atoms with E-state index in [9.17, 15) is 4.79 Å². The molecule has 0 bridgehead atoms. The van der Waals surface area contributed by atoms with E-state index in [1.54, 1.807) is 0 Å². The number of nitrogens with zero attached hydrogens (tertiary/aromatic N) is 1. The largest absolute Gasteiger partial charge is 0.339 e. The van der Waals surface area contributed by atoms with Crippen LogP contribution in [0.1, 0.15) is 47.0 Å². The van der Waals surface area contributed by atoms with E-state index in [-0.39, 0.29) is 5.41 Å². The lowest BCUT2D eigenvalue weighted by atomic mass is 9.84. The Bertz CT molecular complexity index is 193. The molecular weight excluding hydrogens is 162 g/mol. The molecule has 1 atom stereocenters. The summed E-state index contributed by atoms with van der Waals surface area (Å²) in [7, 11) is 0. The molecule has 1 unspecified atom stereocenters. The summed E-state index contributed by atoms with van der Waals surface area (Å²) in [6.45, 7) is 9.78. The fraction of sp³-hybridized carbons (Fsp3) is 0.909. The third-order valence-corrected chi connectivity index (χ3v) is 2.87. The van der Waals surface area contributed by atoms with Crippen LogP contribution < -0.4 is 0 Å². The zero-order valence-electron chi connectivity index (χ0n) is 9.26. The first kappa shape index (κ1) is 10.6. The van der Waals surface area contributed by atoms with Gasteiger partial charge in [-0.1, -0.05) is 27.7 Å². The second-order valence-corrected chi connectivity index (χ2v) is 4.98. The third-order valence-electron chi connectivity index (χ3n) is 2.87. The van der Waals surface area contributed by atoms with E-state index in [1.807, 2.05) is 0 Å². The lowest BCUT2D eigenvalue weighted by Crippen LogP contribution is -2.44. The molecular formula is C11H21NO. The fourth-order valence-electron chi connectivity index (χ4n) is 2.30.